The number of rotatable bonds is 7. The van der Waals surface area contributed by atoms with Gasteiger partial charge < -0.3 is 4.74 Å². The zero-order valence-corrected chi connectivity index (χ0v) is 17.7. The first-order valence-corrected chi connectivity index (χ1v) is 12.0. The molecular formula is C24H42F2O. The van der Waals surface area contributed by atoms with E-state index in [-0.39, 0.29) is 11.8 Å². The van der Waals surface area contributed by atoms with Crippen molar-refractivity contribution in [3.8, 4) is 0 Å². The molecule has 1 nitrogen and oxygen atoms in total. The van der Waals surface area contributed by atoms with Gasteiger partial charge in [0, 0.05) is 6.61 Å². The molecule has 27 heavy (non-hydrogen) atoms. The van der Waals surface area contributed by atoms with Gasteiger partial charge in [-0.05, 0) is 87.9 Å². The Morgan fingerprint density at radius 1 is 0.704 bits per heavy atom. The van der Waals surface area contributed by atoms with Crippen LogP contribution in [0.5, 0.6) is 0 Å². The standard InChI is InChI=1S/C24H42F2O/c1-3-5-6-17-7-9-18(10-8-17)21-15-16-22(24(26)23(21)25)19-11-13-20(14-12-19)27-4-2/h17-24H,3-16H2,1-2H3. The molecule has 0 amide bonds. The third-order valence-electron chi connectivity index (χ3n) is 8.15. The van der Waals surface area contributed by atoms with Crippen molar-refractivity contribution in [2.45, 2.75) is 116 Å². The highest BCUT2D eigenvalue weighted by molar-refractivity contribution is 4.95. The molecule has 3 aliphatic carbocycles. The van der Waals surface area contributed by atoms with E-state index in [1.807, 2.05) is 6.92 Å². The Bertz CT molecular complexity index is 413. The molecule has 0 N–H and O–H groups in total. The lowest BCUT2D eigenvalue weighted by atomic mass is 9.64. The van der Waals surface area contributed by atoms with E-state index < -0.39 is 12.3 Å². The Labute approximate surface area is 166 Å². The Hall–Kier alpha value is -0.180. The summed E-state index contributed by atoms with van der Waals surface area (Å²) in [5.74, 6) is 1.60. The van der Waals surface area contributed by atoms with E-state index in [2.05, 4.69) is 6.92 Å². The molecular weight excluding hydrogens is 342 g/mol. The summed E-state index contributed by atoms with van der Waals surface area (Å²) in [6.07, 6.45) is 12.5. The highest BCUT2D eigenvalue weighted by Gasteiger charge is 2.46. The molecule has 0 bridgehead atoms. The molecule has 0 aliphatic heterocycles. The highest BCUT2D eigenvalue weighted by Crippen LogP contribution is 2.48. The van der Waals surface area contributed by atoms with Crippen molar-refractivity contribution >= 4 is 0 Å². The lowest BCUT2D eigenvalue weighted by molar-refractivity contribution is -0.0473. The molecule has 0 radical (unpaired) electrons. The summed E-state index contributed by atoms with van der Waals surface area (Å²) in [5.41, 5.74) is 0. The summed E-state index contributed by atoms with van der Waals surface area (Å²) in [5, 5.41) is 0. The Morgan fingerprint density at radius 3 is 1.70 bits per heavy atom. The topological polar surface area (TPSA) is 9.23 Å². The van der Waals surface area contributed by atoms with Crippen molar-refractivity contribution in [2.24, 2.45) is 29.6 Å². The molecule has 3 rings (SSSR count). The molecule has 3 heteroatoms. The molecule has 4 unspecified atom stereocenters. The Kier molecular flexibility index (Phi) is 8.42. The van der Waals surface area contributed by atoms with Crippen molar-refractivity contribution < 1.29 is 13.5 Å². The normalized spacial score (nSPS) is 43.6. The van der Waals surface area contributed by atoms with Crippen LogP contribution in [-0.4, -0.2) is 25.1 Å². The van der Waals surface area contributed by atoms with Crippen molar-refractivity contribution in [1.29, 1.82) is 0 Å². The lowest BCUT2D eigenvalue weighted by Crippen LogP contribution is -2.45. The predicted octanol–water partition coefficient (Wildman–Crippen LogP) is 7.28. The minimum absolute atomic E-state index is 0.0110. The summed E-state index contributed by atoms with van der Waals surface area (Å²) < 4.78 is 36.0. The van der Waals surface area contributed by atoms with E-state index in [0.717, 1.165) is 63.9 Å². The van der Waals surface area contributed by atoms with E-state index in [1.165, 1.54) is 32.1 Å². The van der Waals surface area contributed by atoms with E-state index in [0.29, 0.717) is 17.9 Å². The van der Waals surface area contributed by atoms with Crippen LogP contribution in [0.3, 0.4) is 0 Å². The van der Waals surface area contributed by atoms with Crippen molar-refractivity contribution in [3.05, 3.63) is 0 Å². The van der Waals surface area contributed by atoms with Crippen LogP contribution in [0.4, 0.5) is 8.78 Å². The van der Waals surface area contributed by atoms with Gasteiger partial charge in [-0.25, -0.2) is 8.78 Å². The van der Waals surface area contributed by atoms with Gasteiger partial charge in [-0.3, -0.25) is 0 Å². The Morgan fingerprint density at radius 2 is 1.22 bits per heavy atom. The molecule has 3 saturated carbocycles. The number of halogens is 2. The number of alkyl halides is 2. The van der Waals surface area contributed by atoms with Crippen LogP contribution >= 0.6 is 0 Å². The number of ether oxygens (including phenoxy) is 1. The second-order valence-electron chi connectivity index (χ2n) is 9.71. The molecule has 0 heterocycles. The maximum absolute atomic E-state index is 15.1. The van der Waals surface area contributed by atoms with Crippen LogP contribution in [0.1, 0.15) is 97.3 Å². The van der Waals surface area contributed by atoms with E-state index >= 15 is 8.78 Å². The van der Waals surface area contributed by atoms with Gasteiger partial charge in [0.2, 0.25) is 0 Å². The zero-order chi connectivity index (χ0) is 19.2. The van der Waals surface area contributed by atoms with E-state index in [1.54, 1.807) is 0 Å². The average Bonchev–Trinajstić information content (AvgIpc) is 2.70. The SMILES string of the molecule is CCCCC1CCC(C2CCC(C3CCC(OCC)CC3)C(F)C2F)CC1. The zero-order valence-electron chi connectivity index (χ0n) is 17.7. The van der Waals surface area contributed by atoms with Gasteiger partial charge >= 0.3 is 0 Å². The number of hydrogen-bond acceptors (Lipinski definition) is 1. The minimum atomic E-state index is -1.23. The van der Waals surface area contributed by atoms with Crippen molar-refractivity contribution in [1.82, 2.24) is 0 Å². The molecule has 0 saturated heterocycles. The van der Waals surface area contributed by atoms with Gasteiger partial charge in [0.25, 0.3) is 0 Å². The van der Waals surface area contributed by atoms with Gasteiger partial charge in [0.05, 0.1) is 6.10 Å². The van der Waals surface area contributed by atoms with Crippen LogP contribution in [0, 0.1) is 29.6 Å². The fourth-order valence-electron chi connectivity index (χ4n) is 6.48. The fourth-order valence-corrected chi connectivity index (χ4v) is 6.48. The van der Waals surface area contributed by atoms with Crippen LogP contribution in [-0.2, 0) is 4.74 Å². The third-order valence-corrected chi connectivity index (χ3v) is 8.15. The largest absolute Gasteiger partial charge is 0.379 e. The smallest absolute Gasteiger partial charge is 0.134 e. The molecule has 158 valence electrons. The minimum Gasteiger partial charge on any atom is -0.379 e. The second-order valence-corrected chi connectivity index (χ2v) is 9.71. The van der Waals surface area contributed by atoms with Gasteiger partial charge in [-0.15, -0.1) is 0 Å². The van der Waals surface area contributed by atoms with Gasteiger partial charge in [0.15, 0.2) is 0 Å². The third kappa shape index (κ3) is 5.46. The number of unbranched alkanes of at least 4 members (excludes halogenated alkanes) is 1. The lowest BCUT2D eigenvalue weighted by Gasteiger charge is -2.44. The Balaban J connectivity index is 1.46. The van der Waals surface area contributed by atoms with Crippen LogP contribution in [0.25, 0.3) is 0 Å². The maximum Gasteiger partial charge on any atom is 0.134 e. The summed E-state index contributed by atoms with van der Waals surface area (Å²) >= 11 is 0. The van der Waals surface area contributed by atoms with E-state index in [4.69, 9.17) is 4.74 Å². The summed E-state index contributed by atoms with van der Waals surface area (Å²) in [7, 11) is 0. The highest BCUT2D eigenvalue weighted by atomic mass is 19.2. The van der Waals surface area contributed by atoms with Crippen LogP contribution in [0.2, 0.25) is 0 Å². The summed E-state index contributed by atoms with van der Waals surface area (Å²) in [6, 6.07) is 0. The average molecular weight is 385 g/mol. The molecule has 3 fully saturated rings. The maximum atomic E-state index is 15.1. The predicted molar refractivity (Wildman–Crippen MR) is 108 cm³/mol. The molecule has 4 atom stereocenters. The second kappa shape index (κ2) is 10.6. The first-order chi connectivity index (χ1) is 13.1. The quantitative estimate of drug-likeness (QED) is 0.448. The summed E-state index contributed by atoms with van der Waals surface area (Å²) in [4.78, 5) is 0. The fraction of sp³-hybridized carbons (Fsp3) is 1.00. The first-order valence-electron chi connectivity index (χ1n) is 12.0. The molecule has 0 aromatic heterocycles. The van der Waals surface area contributed by atoms with Crippen molar-refractivity contribution in [2.75, 3.05) is 6.61 Å². The van der Waals surface area contributed by atoms with E-state index in [9.17, 15) is 0 Å². The summed E-state index contributed by atoms with van der Waals surface area (Å²) in [6.45, 7) is 5.05. The monoisotopic (exact) mass is 384 g/mol. The molecule has 0 spiro atoms. The van der Waals surface area contributed by atoms with Gasteiger partial charge in [0.1, 0.15) is 12.3 Å². The number of hydrogen-bond donors (Lipinski definition) is 0. The van der Waals surface area contributed by atoms with Crippen molar-refractivity contribution in [3.63, 3.8) is 0 Å². The van der Waals surface area contributed by atoms with Gasteiger partial charge in [-0.1, -0.05) is 39.0 Å². The molecule has 0 aromatic carbocycles. The molecule has 3 aliphatic rings. The first kappa shape index (κ1) is 21.5. The van der Waals surface area contributed by atoms with Crippen LogP contribution in [0.15, 0.2) is 0 Å². The van der Waals surface area contributed by atoms with Gasteiger partial charge in [-0.2, -0.15) is 0 Å². The molecule has 0 aromatic rings. The van der Waals surface area contributed by atoms with Crippen LogP contribution < -0.4 is 0 Å².